The number of aromatic nitrogens is 4. The van der Waals surface area contributed by atoms with Crippen LogP contribution in [0.25, 0.3) is 22.6 Å². The number of anilines is 1. The van der Waals surface area contributed by atoms with Crippen LogP contribution in [0.4, 0.5) is 10.2 Å². The van der Waals surface area contributed by atoms with Crippen molar-refractivity contribution in [1.29, 1.82) is 4.78 Å². The Labute approximate surface area is 196 Å². The predicted octanol–water partition coefficient (Wildman–Crippen LogP) is 4.31. The lowest BCUT2D eigenvalue weighted by Gasteiger charge is -2.18. The molecular weight excluding hydrogens is 455 g/mol. The van der Waals surface area contributed by atoms with Crippen LogP contribution in [-0.4, -0.2) is 36.6 Å². The van der Waals surface area contributed by atoms with Crippen LogP contribution in [0.5, 0.6) is 5.88 Å². The normalized spacial score (nSPS) is 17.0. The van der Waals surface area contributed by atoms with Gasteiger partial charge in [0.1, 0.15) is 11.6 Å². The molecule has 0 aliphatic carbocycles. The molecule has 174 valence electrons. The summed E-state index contributed by atoms with van der Waals surface area (Å²) in [7, 11) is -2.95. The van der Waals surface area contributed by atoms with Crippen molar-refractivity contribution in [2.24, 2.45) is 0 Å². The standard InChI is InChI=1S/C24H23FN6O2S/c1-14-13-33-24-22(26)29-11-21(30-24)20-10-17(34(2,27)32)5-3-15(20)12-31-8-7-28-23(31)18-6-4-16(25)9-19(14)18/h3-11,14,27H,12-13H2,1-2H3,(H2,26,29)/t14-,34?/m0/s1. The SMILES string of the molecule is C[C@H]1COc2nc(cnc2N)-c2cc(S(C)(=N)=O)ccc2Cn2ccnc2-c2ccc(F)cc21. The molecule has 1 unspecified atom stereocenters. The molecule has 2 bridgehead atoms. The number of fused-ring (bicyclic) bond motifs is 7. The second-order valence-electron chi connectivity index (χ2n) is 8.43. The number of nitrogens with two attached hydrogens (primary N) is 1. The number of benzene rings is 2. The summed E-state index contributed by atoms with van der Waals surface area (Å²) in [6.07, 6.45) is 6.47. The van der Waals surface area contributed by atoms with Crippen molar-refractivity contribution in [3.05, 3.63) is 71.9 Å². The van der Waals surface area contributed by atoms with E-state index in [1.807, 2.05) is 23.8 Å². The van der Waals surface area contributed by atoms with Gasteiger partial charge in [-0.25, -0.2) is 28.3 Å². The van der Waals surface area contributed by atoms with E-state index >= 15 is 0 Å². The van der Waals surface area contributed by atoms with Crippen molar-refractivity contribution in [2.45, 2.75) is 24.3 Å². The van der Waals surface area contributed by atoms with Gasteiger partial charge in [0.15, 0.2) is 5.82 Å². The minimum atomic E-state index is -2.95. The number of rotatable bonds is 1. The molecule has 2 aromatic heterocycles. The lowest BCUT2D eigenvalue weighted by atomic mass is 9.95. The van der Waals surface area contributed by atoms with Gasteiger partial charge in [-0.2, -0.15) is 0 Å². The molecule has 10 heteroatoms. The average molecular weight is 479 g/mol. The summed E-state index contributed by atoms with van der Waals surface area (Å²) in [4.78, 5) is 13.8. The van der Waals surface area contributed by atoms with Crippen molar-refractivity contribution in [1.82, 2.24) is 19.5 Å². The van der Waals surface area contributed by atoms with Crippen LogP contribution in [-0.2, 0) is 16.3 Å². The van der Waals surface area contributed by atoms with E-state index in [0.717, 1.165) is 16.7 Å². The first-order valence-corrected chi connectivity index (χ1v) is 12.6. The van der Waals surface area contributed by atoms with Crippen molar-refractivity contribution in [3.63, 3.8) is 0 Å². The summed E-state index contributed by atoms with van der Waals surface area (Å²) in [6.45, 7) is 2.55. The first-order valence-electron chi connectivity index (χ1n) is 10.6. The molecule has 0 saturated heterocycles. The number of halogens is 1. The topological polar surface area (TPSA) is 120 Å². The Bertz CT molecular complexity index is 1520. The highest BCUT2D eigenvalue weighted by atomic mass is 32.2. The highest BCUT2D eigenvalue weighted by Gasteiger charge is 2.21. The molecule has 0 spiro atoms. The minimum Gasteiger partial charge on any atom is -0.474 e. The van der Waals surface area contributed by atoms with E-state index < -0.39 is 9.73 Å². The molecule has 1 aliphatic rings. The van der Waals surface area contributed by atoms with Gasteiger partial charge in [-0.05, 0) is 41.5 Å². The summed E-state index contributed by atoms with van der Waals surface area (Å²) in [5.41, 5.74) is 9.60. The maximum atomic E-state index is 14.2. The fourth-order valence-electron chi connectivity index (χ4n) is 4.09. The number of hydrogen-bond donors (Lipinski definition) is 2. The molecular formula is C24H23FN6O2S. The fourth-order valence-corrected chi connectivity index (χ4v) is 4.77. The maximum absolute atomic E-state index is 14.2. The van der Waals surface area contributed by atoms with Gasteiger partial charge in [0.05, 0.1) is 28.2 Å². The van der Waals surface area contributed by atoms with Gasteiger partial charge in [0, 0.05) is 47.1 Å². The largest absolute Gasteiger partial charge is 0.474 e. The van der Waals surface area contributed by atoms with Crippen LogP contribution >= 0.6 is 0 Å². The summed E-state index contributed by atoms with van der Waals surface area (Å²) >= 11 is 0. The van der Waals surface area contributed by atoms with E-state index in [-0.39, 0.29) is 30.0 Å². The van der Waals surface area contributed by atoms with Gasteiger partial charge in [0.25, 0.3) is 5.88 Å². The van der Waals surface area contributed by atoms with Gasteiger partial charge in [-0.1, -0.05) is 13.0 Å². The molecule has 0 fully saturated rings. The van der Waals surface area contributed by atoms with Crippen LogP contribution in [0.3, 0.4) is 0 Å². The zero-order chi connectivity index (χ0) is 24.0. The van der Waals surface area contributed by atoms with E-state index in [2.05, 4.69) is 15.0 Å². The number of nitrogens with zero attached hydrogens (tertiary/aromatic N) is 4. The molecule has 8 nitrogen and oxygen atoms in total. The van der Waals surface area contributed by atoms with Crippen molar-refractivity contribution in [2.75, 3.05) is 18.6 Å². The third kappa shape index (κ3) is 4.01. The zero-order valence-electron chi connectivity index (χ0n) is 18.7. The Kier molecular flexibility index (Phi) is 5.32. The quantitative estimate of drug-likeness (QED) is 0.421. The first kappa shape index (κ1) is 22.0. The number of ether oxygens (including phenoxy) is 1. The number of nitrogen functional groups attached to an aromatic ring is 1. The van der Waals surface area contributed by atoms with Crippen LogP contribution in [0.2, 0.25) is 0 Å². The van der Waals surface area contributed by atoms with Gasteiger partial charge >= 0.3 is 0 Å². The molecule has 4 aromatic rings. The predicted molar refractivity (Wildman–Crippen MR) is 128 cm³/mol. The third-order valence-electron chi connectivity index (χ3n) is 5.89. The van der Waals surface area contributed by atoms with Crippen LogP contribution < -0.4 is 10.5 Å². The van der Waals surface area contributed by atoms with E-state index in [9.17, 15) is 8.60 Å². The summed E-state index contributed by atoms with van der Waals surface area (Å²) in [5, 5.41) is 0. The van der Waals surface area contributed by atoms with Gasteiger partial charge in [-0.15, -0.1) is 0 Å². The third-order valence-corrected chi connectivity index (χ3v) is 7.04. The fraction of sp³-hybridized carbons (Fsp3) is 0.208. The summed E-state index contributed by atoms with van der Waals surface area (Å²) < 4.78 is 42.6. The van der Waals surface area contributed by atoms with Gasteiger partial charge in [-0.3, -0.25) is 0 Å². The Morgan fingerprint density at radius 3 is 2.82 bits per heavy atom. The highest BCUT2D eigenvalue weighted by Crippen LogP contribution is 2.34. The van der Waals surface area contributed by atoms with E-state index in [0.29, 0.717) is 28.5 Å². The molecule has 34 heavy (non-hydrogen) atoms. The molecule has 2 aromatic carbocycles. The number of imidazole rings is 1. The monoisotopic (exact) mass is 478 g/mol. The summed E-state index contributed by atoms with van der Waals surface area (Å²) in [5.74, 6) is 0.455. The van der Waals surface area contributed by atoms with Crippen molar-refractivity contribution in [3.8, 4) is 28.5 Å². The smallest absolute Gasteiger partial charge is 0.257 e. The van der Waals surface area contributed by atoms with Crippen LogP contribution in [0.15, 0.2) is 59.9 Å². The molecule has 0 saturated carbocycles. The zero-order valence-corrected chi connectivity index (χ0v) is 19.5. The molecule has 2 atom stereocenters. The second-order valence-corrected chi connectivity index (χ2v) is 10.6. The Morgan fingerprint density at radius 1 is 1.21 bits per heavy atom. The molecule has 1 aliphatic heterocycles. The molecule has 3 heterocycles. The molecule has 5 rings (SSSR count). The lowest BCUT2D eigenvalue weighted by molar-refractivity contribution is 0.286. The summed E-state index contributed by atoms with van der Waals surface area (Å²) in [6, 6.07) is 9.87. The first-order chi connectivity index (χ1) is 16.2. The van der Waals surface area contributed by atoms with Crippen molar-refractivity contribution < 1.29 is 13.3 Å². The Morgan fingerprint density at radius 2 is 2.03 bits per heavy atom. The van der Waals surface area contributed by atoms with Crippen molar-refractivity contribution >= 4 is 15.5 Å². The van der Waals surface area contributed by atoms with Crippen LogP contribution in [0, 0.1) is 10.6 Å². The van der Waals surface area contributed by atoms with E-state index in [4.69, 9.17) is 15.3 Å². The van der Waals surface area contributed by atoms with Crippen LogP contribution in [0.1, 0.15) is 24.0 Å². The highest BCUT2D eigenvalue weighted by molar-refractivity contribution is 7.91. The average Bonchev–Trinajstić information content (AvgIpc) is 3.25. The number of nitrogens with one attached hydrogen (secondary N) is 1. The van der Waals surface area contributed by atoms with Gasteiger partial charge < -0.3 is 15.0 Å². The molecule has 3 N–H and O–H groups in total. The maximum Gasteiger partial charge on any atom is 0.257 e. The Balaban J connectivity index is 1.77. The van der Waals surface area contributed by atoms with Gasteiger partial charge in [0.2, 0.25) is 0 Å². The molecule has 0 amide bonds. The van der Waals surface area contributed by atoms with E-state index in [1.165, 1.54) is 24.6 Å². The van der Waals surface area contributed by atoms with E-state index in [1.54, 1.807) is 24.4 Å². The minimum absolute atomic E-state index is 0.135. The second kappa shape index (κ2) is 8.21. The number of hydrogen-bond acceptors (Lipinski definition) is 7. The molecule has 0 radical (unpaired) electrons. The lowest BCUT2D eigenvalue weighted by Crippen LogP contribution is -2.12. The Hall–Kier alpha value is -3.79.